The normalized spacial score (nSPS) is 11.6. The van der Waals surface area contributed by atoms with Gasteiger partial charge in [-0.15, -0.1) is 0 Å². The predicted octanol–water partition coefficient (Wildman–Crippen LogP) is 2.95. The van der Waals surface area contributed by atoms with Crippen LogP contribution in [0.4, 0.5) is 8.78 Å². The minimum Gasteiger partial charge on any atom is -0.374 e. The van der Waals surface area contributed by atoms with Crippen LogP contribution in [0.2, 0.25) is 0 Å². The Morgan fingerprint density at radius 3 is 2.75 bits per heavy atom. The van der Waals surface area contributed by atoms with E-state index >= 15 is 0 Å². The van der Waals surface area contributed by atoms with Crippen LogP contribution in [0.3, 0.4) is 0 Å². The highest BCUT2D eigenvalue weighted by Gasteiger charge is 2.08. The highest BCUT2D eigenvalue weighted by Crippen LogP contribution is 2.14. The van der Waals surface area contributed by atoms with Crippen molar-refractivity contribution in [3.8, 4) is 0 Å². The molecule has 0 radical (unpaired) electrons. The molecule has 0 saturated heterocycles. The standard InChI is InChI=1S/C10H16F2N2OS/c1-7(2)8-5-13-10(16)14(8)3-4-15-6-9(11)12/h5,7,9H,3-4,6H2,1-2H3,(H,13,16). The van der Waals surface area contributed by atoms with Crippen LogP contribution < -0.4 is 0 Å². The molecule has 92 valence electrons. The van der Waals surface area contributed by atoms with E-state index in [0.29, 0.717) is 17.2 Å². The summed E-state index contributed by atoms with van der Waals surface area (Å²) in [7, 11) is 0. The number of rotatable bonds is 6. The third kappa shape index (κ3) is 3.68. The number of nitrogens with one attached hydrogen (secondary N) is 1. The molecule has 1 heterocycles. The van der Waals surface area contributed by atoms with E-state index in [1.165, 1.54) is 0 Å². The average Bonchev–Trinajstić information content (AvgIpc) is 2.54. The van der Waals surface area contributed by atoms with Gasteiger partial charge in [0.2, 0.25) is 0 Å². The second-order valence-electron chi connectivity index (χ2n) is 3.79. The Morgan fingerprint density at radius 2 is 2.19 bits per heavy atom. The van der Waals surface area contributed by atoms with Crippen LogP contribution in [-0.4, -0.2) is 29.2 Å². The lowest BCUT2D eigenvalue weighted by Crippen LogP contribution is -2.13. The number of ether oxygens (including phenoxy) is 1. The van der Waals surface area contributed by atoms with Crippen LogP contribution >= 0.6 is 12.2 Å². The monoisotopic (exact) mass is 250 g/mol. The summed E-state index contributed by atoms with van der Waals surface area (Å²) in [6.45, 7) is 4.33. The number of halogens is 2. The van der Waals surface area contributed by atoms with Crippen molar-refractivity contribution in [2.75, 3.05) is 13.2 Å². The number of alkyl halides is 2. The maximum absolute atomic E-state index is 11.8. The van der Waals surface area contributed by atoms with Gasteiger partial charge in [-0.25, -0.2) is 8.78 Å². The number of aromatic amines is 1. The molecule has 16 heavy (non-hydrogen) atoms. The second-order valence-corrected chi connectivity index (χ2v) is 4.18. The van der Waals surface area contributed by atoms with Crippen LogP contribution in [0, 0.1) is 4.77 Å². The van der Waals surface area contributed by atoms with E-state index in [0.717, 1.165) is 5.69 Å². The zero-order chi connectivity index (χ0) is 12.1. The minimum absolute atomic E-state index is 0.246. The first-order valence-corrected chi connectivity index (χ1v) is 5.57. The molecule has 0 fully saturated rings. The van der Waals surface area contributed by atoms with Gasteiger partial charge in [0.05, 0.1) is 6.61 Å². The maximum Gasteiger partial charge on any atom is 0.261 e. The molecule has 0 aliphatic rings. The maximum atomic E-state index is 11.8. The van der Waals surface area contributed by atoms with Gasteiger partial charge in [-0.05, 0) is 18.1 Å². The highest BCUT2D eigenvalue weighted by molar-refractivity contribution is 7.71. The van der Waals surface area contributed by atoms with Crippen LogP contribution in [0.1, 0.15) is 25.5 Å². The molecule has 1 aromatic heterocycles. The molecule has 0 bridgehead atoms. The molecule has 0 unspecified atom stereocenters. The fourth-order valence-electron chi connectivity index (χ4n) is 1.45. The Morgan fingerprint density at radius 1 is 1.50 bits per heavy atom. The van der Waals surface area contributed by atoms with Gasteiger partial charge in [-0.2, -0.15) is 0 Å². The van der Waals surface area contributed by atoms with Crippen molar-refractivity contribution in [2.45, 2.75) is 32.7 Å². The molecule has 1 rings (SSSR count). The smallest absolute Gasteiger partial charge is 0.261 e. The number of imidazole rings is 1. The van der Waals surface area contributed by atoms with Gasteiger partial charge < -0.3 is 14.3 Å². The van der Waals surface area contributed by atoms with Crippen LogP contribution in [0.5, 0.6) is 0 Å². The number of aromatic nitrogens is 2. The summed E-state index contributed by atoms with van der Waals surface area (Å²) >= 11 is 5.10. The van der Waals surface area contributed by atoms with Gasteiger partial charge >= 0.3 is 0 Å². The van der Waals surface area contributed by atoms with Gasteiger partial charge in [0, 0.05) is 18.4 Å². The Balaban J connectivity index is 2.53. The molecule has 1 aromatic rings. The molecule has 3 nitrogen and oxygen atoms in total. The first-order chi connectivity index (χ1) is 7.52. The molecule has 0 spiro atoms. The number of nitrogens with zero attached hydrogens (tertiary/aromatic N) is 1. The van der Waals surface area contributed by atoms with E-state index in [9.17, 15) is 8.78 Å². The average molecular weight is 250 g/mol. The Labute approximate surface area is 98.4 Å². The number of hydrogen-bond acceptors (Lipinski definition) is 2. The molecule has 6 heteroatoms. The molecule has 0 aromatic carbocycles. The van der Waals surface area contributed by atoms with Crippen LogP contribution in [0.25, 0.3) is 0 Å². The van der Waals surface area contributed by atoms with Gasteiger partial charge in [-0.3, -0.25) is 0 Å². The fourth-order valence-corrected chi connectivity index (χ4v) is 1.70. The van der Waals surface area contributed by atoms with Gasteiger partial charge in [0.1, 0.15) is 6.61 Å². The van der Waals surface area contributed by atoms with E-state index in [-0.39, 0.29) is 6.61 Å². The summed E-state index contributed by atoms with van der Waals surface area (Å²) in [5.74, 6) is 0.336. The lowest BCUT2D eigenvalue weighted by atomic mass is 10.1. The second kappa shape index (κ2) is 6.10. The van der Waals surface area contributed by atoms with E-state index in [1.54, 1.807) is 0 Å². The third-order valence-corrected chi connectivity index (χ3v) is 2.53. The highest BCUT2D eigenvalue weighted by atomic mass is 32.1. The van der Waals surface area contributed by atoms with E-state index < -0.39 is 13.0 Å². The summed E-state index contributed by atoms with van der Waals surface area (Å²) < 4.78 is 31.0. The zero-order valence-electron chi connectivity index (χ0n) is 9.37. The SMILES string of the molecule is CC(C)c1c[nH]c(=S)n1CCOCC(F)F. The third-order valence-electron chi connectivity index (χ3n) is 2.19. The van der Waals surface area contributed by atoms with E-state index in [1.807, 2.05) is 10.8 Å². The fraction of sp³-hybridized carbons (Fsp3) is 0.700. The van der Waals surface area contributed by atoms with Crippen molar-refractivity contribution in [3.63, 3.8) is 0 Å². The first kappa shape index (κ1) is 13.3. The Hall–Kier alpha value is -0.750. The summed E-state index contributed by atoms with van der Waals surface area (Å²) in [6.07, 6.45) is -0.566. The topological polar surface area (TPSA) is 29.9 Å². The van der Waals surface area contributed by atoms with E-state index in [4.69, 9.17) is 17.0 Å². The van der Waals surface area contributed by atoms with Crippen molar-refractivity contribution in [1.29, 1.82) is 0 Å². The quantitative estimate of drug-likeness (QED) is 0.621. The molecule has 0 atom stereocenters. The van der Waals surface area contributed by atoms with Crippen LogP contribution in [-0.2, 0) is 11.3 Å². The van der Waals surface area contributed by atoms with Crippen molar-refractivity contribution in [1.82, 2.24) is 9.55 Å². The Kier molecular flexibility index (Phi) is 5.08. The van der Waals surface area contributed by atoms with Gasteiger partial charge in [0.15, 0.2) is 4.77 Å². The van der Waals surface area contributed by atoms with E-state index in [2.05, 4.69) is 18.8 Å². The summed E-state index contributed by atoms with van der Waals surface area (Å²) in [4.78, 5) is 2.94. The molecule has 0 aliphatic carbocycles. The number of H-pyrrole nitrogens is 1. The Bertz CT molecular complexity index is 373. The zero-order valence-corrected chi connectivity index (χ0v) is 10.2. The lowest BCUT2D eigenvalue weighted by Gasteiger charge is -2.11. The minimum atomic E-state index is -2.41. The lowest BCUT2D eigenvalue weighted by molar-refractivity contribution is 0.0145. The van der Waals surface area contributed by atoms with Crippen molar-refractivity contribution < 1.29 is 13.5 Å². The molecule has 1 N–H and O–H groups in total. The molecule has 0 aliphatic heterocycles. The molecular formula is C10H16F2N2OS. The first-order valence-electron chi connectivity index (χ1n) is 5.16. The van der Waals surface area contributed by atoms with Crippen molar-refractivity contribution in [2.24, 2.45) is 0 Å². The largest absolute Gasteiger partial charge is 0.374 e. The van der Waals surface area contributed by atoms with Crippen molar-refractivity contribution in [3.05, 3.63) is 16.7 Å². The molecular weight excluding hydrogens is 234 g/mol. The summed E-state index contributed by atoms with van der Waals surface area (Å²) in [5.41, 5.74) is 1.06. The number of hydrogen-bond donors (Lipinski definition) is 1. The predicted molar refractivity (Wildman–Crippen MR) is 60.5 cm³/mol. The molecule has 0 saturated carbocycles. The summed E-state index contributed by atoms with van der Waals surface area (Å²) in [6, 6.07) is 0. The van der Waals surface area contributed by atoms with Gasteiger partial charge in [0.25, 0.3) is 6.43 Å². The van der Waals surface area contributed by atoms with Crippen molar-refractivity contribution >= 4 is 12.2 Å². The summed E-state index contributed by atoms with van der Waals surface area (Å²) in [5, 5.41) is 0. The van der Waals surface area contributed by atoms with Crippen LogP contribution in [0.15, 0.2) is 6.20 Å². The molecule has 0 amide bonds. The van der Waals surface area contributed by atoms with Gasteiger partial charge in [-0.1, -0.05) is 13.8 Å².